The molecular weight excluding hydrogens is 298 g/mol. The van der Waals surface area contributed by atoms with Crippen molar-refractivity contribution in [1.29, 1.82) is 0 Å². The van der Waals surface area contributed by atoms with Crippen molar-refractivity contribution in [3.8, 4) is 0 Å². The zero-order valence-corrected chi connectivity index (χ0v) is 12.9. The summed E-state index contributed by atoms with van der Waals surface area (Å²) < 4.78 is 0. The summed E-state index contributed by atoms with van der Waals surface area (Å²) in [7, 11) is 0. The van der Waals surface area contributed by atoms with Gasteiger partial charge in [0, 0.05) is 23.7 Å². The number of hydrogen-bond donors (Lipinski definition) is 2. The number of anilines is 1. The molecule has 0 saturated carbocycles. The first-order valence-corrected chi connectivity index (χ1v) is 7.99. The van der Waals surface area contributed by atoms with Crippen LogP contribution in [0.1, 0.15) is 20.8 Å². The molecule has 0 bridgehead atoms. The van der Waals surface area contributed by atoms with Gasteiger partial charge in [-0.3, -0.25) is 9.59 Å². The Bertz CT molecular complexity index is 711. The highest BCUT2D eigenvalue weighted by Gasteiger charge is 2.21. The number of primary amides is 1. The van der Waals surface area contributed by atoms with Crippen molar-refractivity contribution >= 4 is 28.8 Å². The molecule has 1 aliphatic rings. The van der Waals surface area contributed by atoms with Crippen LogP contribution in [-0.2, 0) is 17.8 Å². The van der Waals surface area contributed by atoms with E-state index in [1.54, 1.807) is 35.6 Å². The van der Waals surface area contributed by atoms with Crippen molar-refractivity contribution in [2.24, 2.45) is 5.73 Å². The van der Waals surface area contributed by atoms with Gasteiger partial charge in [0.2, 0.25) is 5.91 Å². The number of nitrogens with two attached hydrogens (primary N) is 1. The normalized spacial score (nSPS) is 13.5. The van der Waals surface area contributed by atoms with Gasteiger partial charge in [0.05, 0.1) is 12.1 Å². The molecule has 1 aromatic heterocycles. The van der Waals surface area contributed by atoms with Crippen molar-refractivity contribution in [3.05, 3.63) is 51.7 Å². The van der Waals surface area contributed by atoms with E-state index in [1.165, 1.54) is 10.4 Å². The predicted molar refractivity (Wildman–Crippen MR) is 86.9 cm³/mol. The van der Waals surface area contributed by atoms with Gasteiger partial charge in [-0.2, -0.15) is 0 Å². The Labute approximate surface area is 132 Å². The molecule has 3 N–H and O–H groups in total. The first-order valence-electron chi connectivity index (χ1n) is 7.11. The number of thiophene rings is 1. The Balaban J connectivity index is 1.63. The maximum absolute atomic E-state index is 12.3. The monoisotopic (exact) mass is 315 g/mol. The van der Waals surface area contributed by atoms with Gasteiger partial charge in [-0.25, -0.2) is 0 Å². The largest absolute Gasteiger partial charge is 0.376 e. The van der Waals surface area contributed by atoms with Crippen molar-refractivity contribution in [3.63, 3.8) is 0 Å². The maximum Gasteiger partial charge on any atom is 0.250 e. The van der Waals surface area contributed by atoms with Crippen LogP contribution in [-0.4, -0.2) is 29.8 Å². The number of benzene rings is 1. The summed E-state index contributed by atoms with van der Waals surface area (Å²) in [6.45, 7) is 1.56. The molecule has 0 saturated heterocycles. The molecule has 5 nitrogen and oxygen atoms in total. The van der Waals surface area contributed by atoms with Gasteiger partial charge in [0.25, 0.3) is 5.91 Å². The van der Waals surface area contributed by atoms with Crippen LogP contribution in [0.4, 0.5) is 5.69 Å². The highest BCUT2D eigenvalue weighted by Crippen LogP contribution is 2.24. The SMILES string of the molecule is NC(=O)c1ccccc1NCC(=O)N1CCc2sccc2C1. The second-order valence-corrected chi connectivity index (χ2v) is 6.20. The average molecular weight is 315 g/mol. The number of para-hydroxylation sites is 1. The average Bonchev–Trinajstić information content (AvgIpc) is 3.00. The van der Waals surface area contributed by atoms with E-state index in [0.29, 0.717) is 17.8 Å². The molecule has 2 aromatic rings. The standard InChI is InChI=1S/C16H17N3O2S/c17-16(21)12-3-1-2-4-13(12)18-9-15(20)19-7-5-14-11(10-19)6-8-22-14/h1-4,6,8,18H,5,7,9-10H2,(H2,17,21). The summed E-state index contributed by atoms with van der Waals surface area (Å²) in [6, 6.07) is 9.02. The number of amides is 2. The summed E-state index contributed by atoms with van der Waals surface area (Å²) in [5.74, 6) is -0.479. The lowest BCUT2D eigenvalue weighted by molar-refractivity contribution is -0.130. The van der Waals surface area contributed by atoms with E-state index in [9.17, 15) is 9.59 Å². The Morgan fingerprint density at radius 2 is 2.09 bits per heavy atom. The van der Waals surface area contributed by atoms with E-state index in [0.717, 1.165) is 13.0 Å². The van der Waals surface area contributed by atoms with E-state index in [4.69, 9.17) is 5.73 Å². The number of rotatable bonds is 4. The van der Waals surface area contributed by atoms with E-state index in [1.807, 2.05) is 4.90 Å². The van der Waals surface area contributed by atoms with Crippen LogP contribution >= 0.6 is 11.3 Å². The maximum atomic E-state index is 12.3. The first kappa shape index (κ1) is 14.6. The summed E-state index contributed by atoms with van der Waals surface area (Å²) >= 11 is 1.75. The molecule has 0 unspecified atom stereocenters. The van der Waals surface area contributed by atoms with Crippen molar-refractivity contribution in [2.75, 3.05) is 18.4 Å². The highest BCUT2D eigenvalue weighted by atomic mass is 32.1. The molecule has 1 aromatic carbocycles. The lowest BCUT2D eigenvalue weighted by Gasteiger charge is -2.27. The first-order chi connectivity index (χ1) is 10.6. The predicted octanol–water partition coefficient (Wildman–Crippen LogP) is 1.84. The molecule has 3 rings (SSSR count). The molecular formula is C16H17N3O2S. The topological polar surface area (TPSA) is 75.4 Å². The van der Waals surface area contributed by atoms with Gasteiger partial charge >= 0.3 is 0 Å². The second-order valence-electron chi connectivity index (χ2n) is 5.20. The van der Waals surface area contributed by atoms with E-state index in [2.05, 4.69) is 16.8 Å². The van der Waals surface area contributed by atoms with E-state index >= 15 is 0 Å². The number of hydrogen-bond acceptors (Lipinski definition) is 4. The smallest absolute Gasteiger partial charge is 0.250 e. The van der Waals surface area contributed by atoms with Crippen LogP contribution in [0.25, 0.3) is 0 Å². The third-order valence-electron chi connectivity index (χ3n) is 3.78. The number of carbonyl (C=O) groups is 2. The minimum Gasteiger partial charge on any atom is -0.376 e. The van der Waals surface area contributed by atoms with Crippen LogP contribution in [0.2, 0.25) is 0 Å². The summed E-state index contributed by atoms with van der Waals surface area (Å²) in [5.41, 5.74) is 7.56. The summed E-state index contributed by atoms with van der Waals surface area (Å²) in [4.78, 5) is 26.9. The van der Waals surface area contributed by atoms with Crippen LogP contribution in [0.3, 0.4) is 0 Å². The molecule has 6 heteroatoms. The molecule has 0 aliphatic carbocycles. The van der Waals surface area contributed by atoms with Gasteiger partial charge < -0.3 is 16.0 Å². The quantitative estimate of drug-likeness (QED) is 0.904. The number of fused-ring (bicyclic) bond motifs is 1. The number of carbonyl (C=O) groups excluding carboxylic acids is 2. The van der Waals surface area contributed by atoms with Crippen LogP contribution in [0.5, 0.6) is 0 Å². The van der Waals surface area contributed by atoms with Crippen molar-refractivity contribution in [1.82, 2.24) is 4.90 Å². The molecule has 0 radical (unpaired) electrons. The van der Waals surface area contributed by atoms with Gasteiger partial charge in [-0.05, 0) is 35.6 Å². The molecule has 1 aliphatic heterocycles. The molecule has 0 fully saturated rings. The van der Waals surface area contributed by atoms with Gasteiger partial charge in [0.15, 0.2) is 0 Å². The third kappa shape index (κ3) is 2.96. The van der Waals surface area contributed by atoms with Crippen LogP contribution in [0.15, 0.2) is 35.7 Å². The van der Waals surface area contributed by atoms with Crippen molar-refractivity contribution < 1.29 is 9.59 Å². The molecule has 2 heterocycles. The highest BCUT2D eigenvalue weighted by molar-refractivity contribution is 7.10. The van der Waals surface area contributed by atoms with Crippen molar-refractivity contribution in [2.45, 2.75) is 13.0 Å². The summed E-state index contributed by atoms with van der Waals surface area (Å²) in [5, 5.41) is 5.09. The zero-order chi connectivity index (χ0) is 15.5. The fourth-order valence-electron chi connectivity index (χ4n) is 2.60. The third-order valence-corrected chi connectivity index (χ3v) is 4.81. The molecule has 0 atom stereocenters. The lowest BCUT2D eigenvalue weighted by atomic mass is 10.1. The summed E-state index contributed by atoms with van der Waals surface area (Å²) in [6.07, 6.45) is 0.913. The van der Waals surface area contributed by atoms with E-state index in [-0.39, 0.29) is 12.5 Å². The second kappa shape index (κ2) is 6.19. The fourth-order valence-corrected chi connectivity index (χ4v) is 3.49. The number of nitrogens with one attached hydrogen (secondary N) is 1. The molecule has 2 amide bonds. The molecule has 22 heavy (non-hydrogen) atoms. The Kier molecular flexibility index (Phi) is 4.11. The van der Waals surface area contributed by atoms with Gasteiger partial charge in [-0.1, -0.05) is 12.1 Å². The fraction of sp³-hybridized carbons (Fsp3) is 0.250. The molecule has 114 valence electrons. The zero-order valence-electron chi connectivity index (χ0n) is 12.0. The van der Waals surface area contributed by atoms with Crippen LogP contribution in [0, 0.1) is 0 Å². The Morgan fingerprint density at radius 1 is 1.27 bits per heavy atom. The minimum absolute atomic E-state index is 0.0242. The van der Waals surface area contributed by atoms with Gasteiger partial charge in [0.1, 0.15) is 0 Å². The van der Waals surface area contributed by atoms with Crippen LogP contribution < -0.4 is 11.1 Å². The van der Waals surface area contributed by atoms with E-state index < -0.39 is 5.91 Å². The number of nitrogens with zero attached hydrogens (tertiary/aromatic N) is 1. The minimum atomic E-state index is -0.503. The Hall–Kier alpha value is -2.34. The Morgan fingerprint density at radius 3 is 2.91 bits per heavy atom. The molecule has 0 spiro atoms. The van der Waals surface area contributed by atoms with Gasteiger partial charge in [-0.15, -0.1) is 11.3 Å². The lowest BCUT2D eigenvalue weighted by Crippen LogP contribution is -2.39.